The van der Waals surface area contributed by atoms with Gasteiger partial charge in [0.05, 0.1) is 21.4 Å². The molecule has 4 aromatic carbocycles. The summed E-state index contributed by atoms with van der Waals surface area (Å²) in [4.78, 5) is 20.7. The Morgan fingerprint density at radius 3 is 2.27 bits per heavy atom. The molecule has 3 N–H and O–H groups in total. The number of phenolic OH excluding ortho intramolecular Hbond substituents is 1. The second-order valence-corrected chi connectivity index (χ2v) is 14.2. The van der Waals surface area contributed by atoms with Crippen molar-refractivity contribution < 1.29 is 19.4 Å². The van der Waals surface area contributed by atoms with E-state index in [0.29, 0.717) is 39.3 Å². The van der Waals surface area contributed by atoms with Crippen LogP contribution in [0.25, 0.3) is 0 Å². The van der Waals surface area contributed by atoms with Gasteiger partial charge in [-0.25, -0.2) is 4.99 Å². The lowest BCUT2D eigenvalue weighted by Crippen LogP contribution is -2.33. The predicted octanol–water partition coefficient (Wildman–Crippen LogP) is 12.1. The molecule has 1 unspecified atom stereocenters. The van der Waals surface area contributed by atoms with Crippen molar-refractivity contribution in [2.75, 3.05) is 28.6 Å². The maximum absolute atomic E-state index is 14.1. The molecule has 0 spiro atoms. The van der Waals surface area contributed by atoms with Crippen LogP contribution < -0.4 is 25.0 Å². The number of carbonyl (C=O) groups is 1. The fourth-order valence-corrected chi connectivity index (χ4v) is 6.06. The van der Waals surface area contributed by atoms with Crippen molar-refractivity contribution in [3.63, 3.8) is 0 Å². The van der Waals surface area contributed by atoms with Gasteiger partial charge in [-0.05, 0) is 98.7 Å². The molecule has 0 aliphatic rings. The van der Waals surface area contributed by atoms with Crippen LogP contribution >= 0.6 is 23.2 Å². The third kappa shape index (κ3) is 11.1. The van der Waals surface area contributed by atoms with E-state index < -0.39 is 6.10 Å². The minimum atomic E-state index is -0.829. The normalized spacial score (nSPS) is 12.1. The monoisotopic (exact) mass is 746 g/mol. The Balaban J connectivity index is 1.65. The standard InChI is InChI=1S/C42H52Cl2N4O4/c1-7-11-12-13-18-40(52-39-24-19-29(25-33(39)44)42(5,6)8-2)41(50)47-35-27-37(49)36(45-28-51-38-17-15-14-16-32(38)43)26-34(35)46-30-20-22-31(23-21-30)48(9-3)10-4/h14-17,19-28,40,46,49H,7-13,18H2,1-6H3,(H,47,50). The lowest BCUT2D eigenvalue weighted by molar-refractivity contribution is -0.123. The van der Waals surface area contributed by atoms with Gasteiger partial charge in [-0.3, -0.25) is 4.79 Å². The highest BCUT2D eigenvalue weighted by molar-refractivity contribution is 6.32. The molecular formula is C42H52Cl2N4O4. The number of nitrogens with zero attached hydrogens (tertiary/aromatic N) is 2. The maximum atomic E-state index is 14.1. The summed E-state index contributed by atoms with van der Waals surface area (Å²) < 4.78 is 12.0. The predicted molar refractivity (Wildman–Crippen MR) is 218 cm³/mol. The fraction of sp³-hybridized carbons (Fsp3) is 0.381. The van der Waals surface area contributed by atoms with Crippen molar-refractivity contribution in [1.82, 2.24) is 0 Å². The number of aliphatic imine (C=N–C) groups is 1. The van der Waals surface area contributed by atoms with Crippen LogP contribution in [0.15, 0.2) is 83.9 Å². The number of carbonyl (C=O) groups excluding carboxylic acids is 1. The van der Waals surface area contributed by atoms with Crippen LogP contribution in [0.1, 0.15) is 85.6 Å². The molecule has 0 aliphatic carbocycles. The third-order valence-electron chi connectivity index (χ3n) is 9.33. The average Bonchev–Trinajstić information content (AvgIpc) is 3.13. The first-order valence-corrected chi connectivity index (χ1v) is 18.9. The van der Waals surface area contributed by atoms with Gasteiger partial charge in [0, 0.05) is 30.5 Å². The van der Waals surface area contributed by atoms with Crippen LogP contribution in [0, 0.1) is 0 Å². The highest BCUT2D eigenvalue weighted by atomic mass is 35.5. The van der Waals surface area contributed by atoms with E-state index in [1.165, 1.54) is 12.5 Å². The summed E-state index contributed by atoms with van der Waals surface area (Å²) in [6, 6.07) is 24.0. The summed E-state index contributed by atoms with van der Waals surface area (Å²) in [6.07, 6.45) is 5.74. The summed E-state index contributed by atoms with van der Waals surface area (Å²) in [6.45, 7) is 14.7. The van der Waals surface area contributed by atoms with Crippen molar-refractivity contribution in [3.05, 3.63) is 94.5 Å². The number of unbranched alkanes of at least 4 members (excludes halogenated alkanes) is 3. The van der Waals surface area contributed by atoms with Gasteiger partial charge in [-0.1, -0.05) is 88.4 Å². The second-order valence-electron chi connectivity index (χ2n) is 13.3. The van der Waals surface area contributed by atoms with Crippen molar-refractivity contribution in [1.29, 1.82) is 0 Å². The first kappa shape index (κ1) is 40.4. The highest BCUT2D eigenvalue weighted by Gasteiger charge is 2.25. The van der Waals surface area contributed by atoms with Gasteiger partial charge in [0.1, 0.15) is 22.9 Å². The number of hydrogen-bond acceptors (Lipinski definition) is 7. The number of phenols is 1. The number of nitrogens with one attached hydrogen (secondary N) is 2. The van der Waals surface area contributed by atoms with E-state index >= 15 is 0 Å². The Morgan fingerprint density at radius 2 is 1.62 bits per heavy atom. The molecule has 8 nitrogen and oxygen atoms in total. The van der Waals surface area contributed by atoms with Crippen molar-refractivity contribution in [2.24, 2.45) is 4.99 Å². The molecule has 4 rings (SSSR count). The SMILES string of the molecule is CCCCCCC(Oc1ccc(C(C)(C)CC)cc1Cl)C(=O)Nc1cc(O)c(N=COc2ccccc2Cl)cc1Nc1ccc(N(CC)CC)cc1. The number of ether oxygens (including phenoxy) is 2. The fourth-order valence-electron chi connectivity index (χ4n) is 5.66. The lowest BCUT2D eigenvalue weighted by Gasteiger charge is -2.25. The summed E-state index contributed by atoms with van der Waals surface area (Å²) >= 11 is 13.0. The molecular weight excluding hydrogens is 695 g/mol. The minimum absolute atomic E-state index is 0.0485. The molecule has 52 heavy (non-hydrogen) atoms. The van der Waals surface area contributed by atoms with E-state index in [9.17, 15) is 9.90 Å². The Morgan fingerprint density at radius 1 is 0.885 bits per heavy atom. The zero-order valence-electron chi connectivity index (χ0n) is 31.1. The van der Waals surface area contributed by atoms with Gasteiger partial charge in [0.25, 0.3) is 5.91 Å². The molecule has 0 saturated heterocycles. The van der Waals surface area contributed by atoms with E-state index in [1.54, 1.807) is 30.3 Å². The topological polar surface area (TPSA) is 95.4 Å². The molecule has 0 radical (unpaired) electrons. The van der Waals surface area contributed by atoms with Crippen LogP contribution in [0.2, 0.25) is 10.0 Å². The van der Waals surface area contributed by atoms with Gasteiger partial charge < -0.3 is 30.1 Å². The van der Waals surface area contributed by atoms with Crippen LogP contribution in [0.4, 0.5) is 28.4 Å². The molecule has 0 aliphatic heterocycles. The molecule has 0 heterocycles. The Hall–Kier alpha value is -4.40. The number of halogens is 2. The van der Waals surface area contributed by atoms with Gasteiger partial charge in [0.2, 0.25) is 0 Å². The Labute approximate surface area is 319 Å². The summed E-state index contributed by atoms with van der Waals surface area (Å²) in [5.74, 6) is 0.361. The van der Waals surface area contributed by atoms with Crippen molar-refractivity contribution in [3.8, 4) is 17.2 Å². The molecule has 1 amide bonds. The zero-order valence-corrected chi connectivity index (χ0v) is 32.7. The van der Waals surface area contributed by atoms with E-state index in [2.05, 4.69) is 62.1 Å². The molecule has 0 aromatic heterocycles. The minimum Gasteiger partial charge on any atom is -0.506 e. The van der Waals surface area contributed by atoms with Gasteiger partial charge in [-0.15, -0.1) is 0 Å². The number of amides is 1. The number of anilines is 4. The van der Waals surface area contributed by atoms with Crippen molar-refractivity contribution in [2.45, 2.75) is 91.6 Å². The number of rotatable bonds is 19. The van der Waals surface area contributed by atoms with Crippen LogP contribution in [-0.4, -0.2) is 36.6 Å². The largest absolute Gasteiger partial charge is 0.506 e. The van der Waals surface area contributed by atoms with E-state index in [-0.39, 0.29) is 22.8 Å². The Kier molecular flexibility index (Phi) is 15.1. The molecule has 0 fully saturated rings. The van der Waals surface area contributed by atoms with E-state index in [0.717, 1.165) is 62.1 Å². The third-order valence-corrected chi connectivity index (χ3v) is 9.94. The summed E-state index contributed by atoms with van der Waals surface area (Å²) in [7, 11) is 0. The maximum Gasteiger partial charge on any atom is 0.265 e. The molecule has 1 atom stereocenters. The molecule has 10 heteroatoms. The summed E-state index contributed by atoms with van der Waals surface area (Å²) in [5.41, 5.74) is 4.04. The number of hydrogen-bond donors (Lipinski definition) is 3. The van der Waals surface area contributed by atoms with Gasteiger partial charge in [-0.2, -0.15) is 0 Å². The molecule has 278 valence electrons. The molecule has 0 saturated carbocycles. The summed E-state index contributed by atoms with van der Waals surface area (Å²) in [5, 5.41) is 18.4. The van der Waals surface area contributed by atoms with Crippen LogP contribution in [-0.2, 0) is 10.2 Å². The smallest absolute Gasteiger partial charge is 0.265 e. The second kappa shape index (κ2) is 19.4. The first-order chi connectivity index (χ1) is 25.0. The number of benzene rings is 4. The van der Waals surface area contributed by atoms with Gasteiger partial charge >= 0.3 is 0 Å². The molecule has 0 bridgehead atoms. The lowest BCUT2D eigenvalue weighted by atomic mass is 9.82. The van der Waals surface area contributed by atoms with E-state index in [4.69, 9.17) is 32.7 Å². The highest BCUT2D eigenvalue weighted by Crippen LogP contribution is 2.39. The van der Waals surface area contributed by atoms with Gasteiger partial charge in [0.15, 0.2) is 12.5 Å². The van der Waals surface area contributed by atoms with Crippen LogP contribution in [0.5, 0.6) is 17.2 Å². The quantitative estimate of drug-likeness (QED) is 0.0383. The number of aromatic hydroxyl groups is 1. The zero-order chi connectivity index (χ0) is 37.7. The Bertz CT molecular complexity index is 1790. The van der Waals surface area contributed by atoms with E-state index in [1.807, 2.05) is 42.5 Å². The van der Waals surface area contributed by atoms with Crippen molar-refractivity contribution >= 4 is 63.9 Å². The van der Waals surface area contributed by atoms with Crippen LogP contribution in [0.3, 0.4) is 0 Å². The molecule has 4 aromatic rings. The average molecular weight is 748 g/mol. The number of para-hydroxylation sites is 1. The first-order valence-electron chi connectivity index (χ1n) is 18.2.